The molecule has 0 unspecified atom stereocenters. The lowest BCUT2D eigenvalue weighted by Crippen LogP contribution is -2.33. The minimum absolute atomic E-state index is 0.0157. The van der Waals surface area contributed by atoms with Crippen LogP contribution in [0.5, 0.6) is 0 Å². The van der Waals surface area contributed by atoms with Gasteiger partial charge in [-0.2, -0.15) is 10.2 Å². The van der Waals surface area contributed by atoms with Gasteiger partial charge in [0.2, 0.25) is 5.95 Å². The number of carbonyl (C=O) groups excluding carboxylic acids is 1. The highest BCUT2D eigenvalue weighted by Crippen LogP contribution is 2.30. The van der Waals surface area contributed by atoms with E-state index in [1.165, 1.54) is 5.06 Å². The average Bonchev–Trinajstić information content (AvgIpc) is 3.59. The van der Waals surface area contributed by atoms with Gasteiger partial charge in [0.15, 0.2) is 0 Å². The first-order valence-electron chi connectivity index (χ1n) is 11.8. The Bertz CT molecular complexity index is 1410. The number of hydrogen-bond donors (Lipinski definition) is 3. The molecular weight excluding hydrogens is 470 g/mol. The summed E-state index contributed by atoms with van der Waals surface area (Å²) in [5.74, 6) is 6.54. The summed E-state index contributed by atoms with van der Waals surface area (Å²) in [4.78, 5) is 27.1. The molecule has 1 atom stereocenters. The fraction of sp³-hybridized carbons (Fsp3) is 0.185. The molecule has 2 aromatic carbocycles. The van der Waals surface area contributed by atoms with Crippen molar-refractivity contribution in [2.45, 2.75) is 19.0 Å². The minimum Gasteiger partial charge on any atom is -0.394 e. The van der Waals surface area contributed by atoms with Crippen LogP contribution in [0.25, 0.3) is 0 Å². The molecule has 2 amide bonds. The molecule has 0 bridgehead atoms. The number of nitrogens with zero attached hydrogens (tertiary/aromatic N) is 5. The second-order valence-corrected chi connectivity index (χ2v) is 8.27. The maximum atomic E-state index is 12.9. The van der Waals surface area contributed by atoms with E-state index >= 15 is 0 Å². The Kier molecular flexibility index (Phi) is 7.36. The summed E-state index contributed by atoms with van der Waals surface area (Å²) < 4.78 is 1.62. The monoisotopic (exact) mass is 495 g/mol. The molecule has 1 fully saturated rings. The predicted octanol–water partition coefficient (Wildman–Crippen LogP) is 3.72. The Balaban J connectivity index is 1.21. The number of amides is 2. The second kappa shape index (κ2) is 11.3. The van der Waals surface area contributed by atoms with Gasteiger partial charge in [-0.15, -0.1) is 0 Å². The molecule has 1 aliphatic rings. The van der Waals surface area contributed by atoms with Crippen molar-refractivity contribution in [2.75, 3.05) is 23.8 Å². The molecule has 0 aliphatic carbocycles. The Labute approximate surface area is 213 Å². The smallest absolute Gasteiger partial charge is 0.346 e. The number of urea groups is 1. The zero-order valence-electron chi connectivity index (χ0n) is 19.9. The van der Waals surface area contributed by atoms with Crippen LogP contribution in [-0.4, -0.2) is 49.2 Å². The first kappa shape index (κ1) is 24.0. The zero-order chi connectivity index (χ0) is 25.5. The number of aliphatic hydroxyl groups excluding tert-OH is 1. The summed E-state index contributed by atoms with van der Waals surface area (Å²) in [7, 11) is 0. The fourth-order valence-electron chi connectivity index (χ4n) is 3.88. The van der Waals surface area contributed by atoms with Gasteiger partial charge in [0.1, 0.15) is 0 Å². The van der Waals surface area contributed by atoms with Gasteiger partial charge in [0, 0.05) is 36.3 Å². The summed E-state index contributed by atoms with van der Waals surface area (Å²) in [5.41, 5.74) is 3.76. The fourth-order valence-corrected chi connectivity index (χ4v) is 3.88. The number of benzene rings is 2. The number of hydroxylamine groups is 2. The Morgan fingerprint density at radius 3 is 2.65 bits per heavy atom. The first-order chi connectivity index (χ1) is 18.2. The van der Waals surface area contributed by atoms with Crippen molar-refractivity contribution in [3.63, 3.8) is 0 Å². The van der Waals surface area contributed by atoms with Crippen molar-refractivity contribution in [1.29, 1.82) is 0 Å². The summed E-state index contributed by atoms with van der Waals surface area (Å²) in [6.45, 7) is 0.923. The molecule has 1 saturated heterocycles. The van der Waals surface area contributed by atoms with E-state index in [4.69, 9.17) is 9.94 Å². The van der Waals surface area contributed by atoms with Crippen LogP contribution in [-0.2, 0) is 11.4 Å². The van der Waals surface area contributed by atoms with E-state index in [1.54, 1.807) is 35.5 Å². The minimum atomic E-state index is -0.324. The molecule has 1 aliphatic heterocycles. The van der Waals surface area contributed by atoms with E-state index in [0.29, 0.717) is 30.4 Å². The standard InChI is InChI=1S/C27H25N7O3/c35-13-12-33-19-24(18-30-33)31-26-28-16-21(17-29-26)10-9-20-5-4-8-23(15-20)32-27(36)34-25(11-14-37-34)22-6-2-1-3-7-22/h1-8,15-19,25,35H,11-14H2,(H,32,36)(H,28,29,31)/t25-/m0/s1. The van der Waals surface area contributed by atoms with Crippen LogP contribution in [0.3, 0.4) is 0 Å². The Morgan fingerprint density at radius 2 is 1.84 bits per heavy atom. The molecule has 5 rings (SSSR count). The van der Waals surface area contributed by atoms with Gasteiger partial charge < -0.3 is 15.7 Å². The highest BCUT2D eigenvalue weighted by Gasteiger charge is 2.31. The highest BCUT2D eigenvalue weighted by molar-refractivity contribution is 5.89. The average molecular weight is 496 g/mol. The quantitative estimate of drug-likeness (QED) is 0.349. The second-order valence-electron chi connectivity index (χ2n) is 8.27. The molecule has 186 valence electrons. The van der Waals surface area contributed by atoms with Gasteiger partial charge in [-0.1, -0.05) is 48.2 Å². The summed E-state index contributed by atoms with van der Waals surface area (Å²) >= 11 is 0. The van der Waals surface area contributed by atoms with Crippen molar-refractivity contribution in [1.82, 2.24) is 24.8 Å². The van der Waals surface area contributed by atoms with E-state index in [9.17, 15) is 4.79 Å². The molecule has 3 heterocycles. The molecule has 3 N–H and O–H groups in total. The highest BCUT2D eigenvalue weighted by atomic mass is 16.7. The lowest BCUT2D eigenvalue weighted by Gasteiger charge is -2.23. The third-order valence-electron chi connectivity index (χ3n) is 5.62. The number of rotatable bonds is 6. The molecule has 10 heteroatoms. The van der Waals surface area contributed by atoms with Gasteiger partial charge in [-0.3, -0.25) is 9.52 Å². The SMILES string of the molecule is O=C(Nc1cccc(C#Cc2cnc(Nc3cnn(CCO)c3)nc2)c1)N1OCC[C@H]1c1ccccc1. The Morgan fingerprint density at radius 1 is 1.03 bits per heavy atom. The van der Waals surface area contributed by atoms with Gasteiger partial charge in [0.25, 0.3) is 0 Å². The van der Waals surface area contributed by atoms with Crippen LogP contribution < -0.4 is 10.6 Å². The summed E-state index contributed by atoms with van der Waals surface area (Å²) in [5, 5.41) is 20.5. The van der Waals surface area contributed by atoms with Crippen LogP contribution >= 0.6 is 0 Å². The van der Waals surface area contributed by atoms with E-state index < -0.39 is 0 Å². The number of nitrogens with one attached hydrogen (secondary N) is 2. The topological polar surface area (TPSA) is 117 Å². The Hall–Kier alpha value is -4.72. The van der Waals surface area contributed by atoms with E-state index in [1.807, 2.05) is 48.5 Å². The summed E-state index contributed by atoms with van der Waals surface area (Å²) in [6, 6.07) is 16.7. The largest absolute Gasteiger partial charge is 0.394 e. The first-order valence-corrected chi connectivity index (χ1v) is 11.8. The van der Waals surface area contributed by atoms with Gasteiger partial charge >= 0.3 is 6.03 Å². The maximum absolute atomic E-state index is 12.9. The number of aliphatic hydroxyl groups is 1. The number of carbonyl (C=O) groups is 1. The number of aromatic nitrogens is 4. The van der Waals surface area contributed by atoms with Crippen molar-refractivity contribution in [3.8, 4) is 11.8 Å². The third kappa shape index (κ3) is 6.10. The van der Waals surface area contributed by atoms with Crippen molar-refractivity contribution < 1.29 is 14.7 Å². The molecular formula is C27H25N7O3. The summed E-state index contributed by atoms with van der Waals surface area (Å²) in [6.07, 6.45) is 7.39. The zero-order valence-corrected chi connectivity index (χ0v) is 19.9. The maximum Gasteiger partial charge on any atom is 0.346 e. The van der Waals surface area contributed by atoms with Gasteiger partial charge in [0.05, 0.1) is 43.2 Å². The molecule has 10 nitrogen and oxygen atoms in total. The lowest BCUT2D eigenvalue weighted by atomic mass is 10.1. The number of hydrogen-bond acceptors (Lipinski definition) is 7. The number of anilines is 3. The van der Waals surface area contributed by atoms with E-state index in [0.717, 1.165) is 23.2 Å². The molecule has 37 heavy (non-hydrogen) atoms. The van der Waals surface area contributed by atoms with Crippen molar-refractivity contribution >= 4 is 23.4 Å². The van der Waals surface area contributed by atoms with Crippen LogP contribution in [0.2, 0.25) is 0 Å². The van der Waals surface area contributed by atoms with Crippen LogP contribution in [0.1, 0.15) is 29.2 Å². The van der Waals surface area contributed by atoms with E-state index in [-0.39, 0.29) is 18.7 Å². The van der Waals surface area contributed by atoms with Gasteiger partial charge in [-0.25, -0.2) is 14.8 Å². The normalized spacial score (nSPS) is 14.6. The molecule has 4 aromatic rings. The van der Waals surface area contributed by atoms with Gasteiger partial charge in [-0.05, 0) is 23.8 Å². The van der Waals surface area contributed by atoms with Crippen molar-refractivity contribution in [2.24, 2.45) is 0 Å². The molecule has 0 radical (unpaired) electrons. The molecule has 0 spiro atoms. The lowest BCUT2D eigenvalue weighted by molar-refractivity contribution is -0.0829. The van der Waals surface area contributed by atoms with E-state index in [2.05, 4.69) is 37.5 Å². The van der Waals surface area contributed by atoms with Crippen LogP contribution in [0, 0.1) is 11.8 Å². The van der Waals surface area contributed by atoms with Crippen molar-refractivity contribution in [3.05, 3.63) is 96.1 Å². The van der Waals surface area contributed by atoms with Crippen LogP contribution in [0.15, 0.2) is 79.4 Å². The predicted molar refractivity (Wildman–Crippen MR) is 138 cm³/mol. The third-order valence-corrected chi connectivity index (χ3v) is 5.62. The van der Waals surface area contributed by atoms with Crippen LogP contribution in [0.4, 0.5) is 22.1 Å². The molecule has 0 saturated carbocycles. The molecule has 2 aromatic heterocycles.